The second-order valence-corrected chi connectivity index (χ2v) is 6.53. The van der Waals surface area contributed by atoms with Gasteiger partial charge in [0.1, 0.15) is 11.1 Å². The Hall–Kier alpha value is -1.03. The van der Waals surface area contributed by atoms with E-state index in [4.69, 9.17) is 9.68 Å². The van der Waals surface area contributed by atoms with E-state index in [2.05, 4.69) is 26.2 Å². The minimum absolute atomic E-state index is 0.321. The number of nitrogens with one attached hydrogen (secondary N) is 1. The van der Waals surface area contributed by atoms with E-state index < -0.39 is 0 Å². The van der Waals surface area contributed by atoms with Gasteiger partial charge in [-0.15, -0.1) is 11.8 Å². The van der Waals surface area contributed by atoms with Crippen LogP contribution in [0.2, 0.25) is 0 Å². The van der Waals surface area contributed by atoms with Gasteiger partial charge in [-0.05, 0) is 41.9 Å². The van der Waals surface area contributed by atoms with Crippen LogP contribution in [0, 0.1) is 11.3 Å². The van der Waals surface area contributed by atoms with E-state index in [0.29, 0.717) is 16.6 Å². The van der Waals surface area contributed by atoms with Crippen LogP contribution in [0.15, 0.2) is 26.2 Å². The molecule has 0 spiro atoms. The average molecular weight is 338 g/mol. The maximum Gasteiger partial charge on any atom is 0.204 e. The minimum atomic E-state index is 0.321. The Morgan fingerprint density at radius 3 is 3.00 bits per heavy atom. The Morgan fingerprint density at radius 1 is 1.47 bits per heavy atom. The van der Waals surface area contributed by atoms with Gasteiger partial charge in [-0.25, -0.2) is 4.98 Å². The van der Waals surface area contributed by atoms with Crippen LogP contribution in [0.1, 0.15) is 18.6 Å². The third kappa shape index (κ3) is 2.64. The highest BCUT2D eigenvalue weighted by Crippen LogP contribution is 2.37. The largest absolute Gasteiger partial charge is 0.444 e. The highest BCUT2D eigenvalue weighted by molar-refractivity contribution is 9.10. The smallest absolute Gasteiger partial charge is 0.204 e. The number of nitrogens with zero attached hydrogens (tertiary/aromatic N) is 2. The predicted molar refractivity (Wildman–Crippen MR) is 78.2 cm³/mol. The zero-order valence-corrected chi connectivity index (χ0v) is 12.6. The molecular weight excluding hydrogens is 326 g/mol. The summed E-state index contributed by atoms with van der Waals surface area (Å²) >= 11 is 5.38. The highest BCUT2D eigenvalue weighted by Gasteiger charge is 2.18. The number of hydrogen-bond donors (Lipinski definition) is 1. The summed E-state index contributed by atoms with van der Waals surface area (Å²) in [4.78, 5) is 4.44. The van der Waals surface area contributed by atoms with Gasteiger partial charge in [0.05, 0.1) is 10.7 Å². The van der Waals surface area contributed by atoms with E-state index in [0.717, 1.165) is 40.8 Å². The highest BCUT2D eigenvalue weighted by atomic mass is 79.9. The zero-order valence-electron chi connectivity index (χ0n) is 10.1. The van der Waals surface area contributed by atoms with Crippen molar-refractivity contribution in [3.05, 3.63) is 22.5 Å². The summed E-state index contributed by atoms with van der Waals surface area (Å²) in [5.41, 5.74) is 0.651. The number of thioether (sulfide) groups is 1. The Labute approximate surface area is 123 Å². The summed E-state index contributed by atoms with van der Waals surface area (Å²) in [6, 6.07) is 3.77. The maximum absolute atomic E-state index is 8.87. The van der Waals surface area contributed by atoms with E-state index in [9.17, 15) is 0 Å². The first kappa shape index (κ1) is 13.0. The lowest BCUT2D eigenvalue weighted by atomic mass is 10.2. The van der Waals surface area contributed by atoms with Crippen LogP contribution in [0.3, 0.4) is 0 Å². The lowest BCUT2D eigenvalue weighted by molar-refractivity contribution is 0.531. The molecule has 2 aromatic heterocycles. The van der Waals surface area contributed by atoms with Crippen LogP contribution in [0.4, 0.5) is 0 Å². The molecule has 3 heterocycles. The normalized spacial score (nSPS) is 16.6. The van der Waals surface area contributed by atoms with Crippen molar-refractivity contribution in [2.45, 2.75) is 23.1 Å². The van der Waals surface area contributed by atoms with Crippen molar-refractivity contribution >= 4 is 38.7 Å². The van der Waals surface area contributed by atoms with Crippen molar-refractivity contribution in [3.8, 4) is 6.07 Å². The minimum Gasteiger partial charge on any atom is -0.444 e. The molecule has 0 aliphatic carbocycles. The van der Waals surface area contributed by atoms with Gasteiger partial charge in [-0.3, -0.25) is 0 Å². The lowest BCUT2D eigenvalue weighted by Gasteiger charge is -2.21. The van der Waals surface area contributed by atoms with Crippen LogP contribution in [-0.2, 0) is 0 Å². The zero-order chi connectivity index (χ0) is 13.2. The monoisotopic (exact) mass is 337 g/mol. The third-order valence-electron chi connectivity index (χ3n) is 3.16. The second-order valence-electron chi connectivity index (χ2n) is 4.44. The molecule has 3 rings (SSSR count). The first-order chi connectivity index (χ1) is 9.28. The summed E-state index contributed by atoms with van der Waals surface area (Å²) in [6.07, 6.45) is 4.02. The quantitative estimate of drug-likeness (QED) is 0.910. The molecule has 0 bridgehead atoms. The number of furan rings is 1. The van der Waals surface area contributed by atoms with Crippen molar-refractivity contribution < 1.29 is 4.42 Å². The van der Waals surface area contributed by atoms with Gasteiger partial charge < -0.3 is 9.73 Å². The standard InChI is InChI=1S/C13H12BrN3OS/c14-12-10-5-8(6-15)18-11(10)7-17-13(12)19-9-1-3-16-4-2-9/h5,7,9,16H,1-4H2. The van der Waals surface area contributed by atoms with Crippen LogP contribution >= 0.6 is 27.7 Å². The summed E-state index contributed by atoms with van der Waals surface area (Å²) in [5.74, 6) is 0.321. The number of hydrogen-bond acceptors (Lipinski definition) is 5. The van der Waals surface area contributed by atoms with Gasteiger partial charge in [0.15, 0.2) is 5.58 Å². The third-order valence-corrected chi connectivity index (χ3v) is 5.56. The van der Waals surface area contributed by atoms with E-state index in [1.807, 2.05) is 6.07 Å². The van der Waals surface area contributed by atoms with Gasteiger partial charge in [-0.1, -0.05) is 0 Å². The van der Waals surface area contributed by atoms with Gasteiger partial charge in [0, 0.05) is 16.7 Å². The van der Waals surface area contributed by atoms with Gasteiger partial charge >= 0.3 is 0 Å². The van der Waals surface area contributed by atoms with Gasteiger partial charge in [-0.2, -0.15) is 5.26 Å². The molecule has 19 heavy (non-hydrogen) atoms. The van der Waals surface area contributed by atoms with E-state index in [1.165, 1.54) is 0 Å². The summed E-state index contributed by atoms with van der Waals surface area (Å²) in [7, 11) is 0. The first-order valence-corrected chi connectivity index (χ1v) is 7.80. The Balaban J connectivity index is 1.91. The van der Waals surface area contributed by atoms with Crippen molar-refractivity contribution in [2.75, 3.05) is 13.1 Å². The molecule has 1 aliphatic rings. The average Bonchev–Trinajstić information content (AvgIpc) is 2.87. The van der Waals surface area contributed by atoms with E-state index in [1.54, 1.807) is 24.0 Å². The van der Waals surface area contributed by atoms with Crippen molar-refractivity contribution in [2.24, 2.45) is 0 Å². The van der Waals surface area contributed by atoms with Crippen molar-refractivity contribution in [1.29, 1.82) is 5.26 Å². The number of fused-ring (bicyclic) bond motifs is 1. The van der Waals surface area contributed by atoms with Crippen LogP contribution in [0.25, 0.3) is 11.0 Å². The van der Waals surface area contributed by atoms with E-state index in [-0.39, 0.29) is 0 Å². The Morgan fingerprint density at radius 2 is 2.26 bits per heavy atom. The molecule has 1 fully saturated rings. The molecular formula is C13H12BrN3OS. The number of nitriles is 1. The van der Waals surface area contributed by atoms with Crippen LogP contribution in [-0.4, -0.2) is 23.3 Å². The SMILES string of the molecule is N#Cc1cc2c(Br)c(SC3CCNCC3)ncc2o1. The van der Waals surface area contributed by atoms with Crippen molar-refractivity contribution in [3.63, 3.8) is 0 Å². The van der Waals surface area contributed by atoms with Gasteiger partial charge in [0.2, 0.25) is 5.76 Å². The first-order valence-electron chi connectivity index (χ1n) is 6.13. The van der Waals surface area contributed by atoms with E-state index >= 15 is 0 Å². The lowest BCUT2D eigenvalue weighted by Crippen LogP contribution is -2.29. The van der Waals surface area contributed by atoms with Gasteiger partial charge in [0.25, 0.3) is 0 Å². The summed E-state index contributed by atoms with van der Waals surface area (Å²) in [6.45, 7) is 2.14. The number of pyridine rings is 1. The fourth-order valence-corrected chi connectivity index (χ4v) is 3.98. The topological polar surface area (TPSA) is 61.9 Å². The fraction of sp³-hybridized carbons (Fsp3) is 0.385. The summed E-state index contributed by atoms with van der Waals surface area (Å²) < 4.78 is 6.30. The molecule has 4 nitrogen and oxygen atoms in total. The molecule has 1 saturated heterocycles. The fourth-order valence-electron chi connectivity index (χ4n) is 2.17. The molecule has 0 aromatic carbocycles. The maximum atomic E-state index is 8.87. The Bertz CT molecular complexity index is 643. The molecule has 6 heteroatoms. The number of aromatic nitrogens is 1. The molecule has 0 amide bonds. The molecule has 0 radical (unpaired) electrons. The second kappa shape index (κ2) is 5.53. The molecule has 98 valence electrons. The number of rotatable bonds is 2. The molecule has 0 atom stereocenters. The predicted octanol–water partition coefficient (Wildman–Crippen LogP) is 3.31. The van der Waals surface area contributed by atoms with Crippen molar-refractivity contribution in [1.82, 2.24) is 10.3 Å². The van der Waals surface area contributed by atoms with Crippen LogP contribution in [0.5, 0.6) is 0 Å². The molecule has 1 aliphatic heterocycles. The molecule has 1 N–H and O–H groups in total. The Kier molecular flexibility index (Phi) is 3.78. The number of halogens is 1. The molecule has 0 unspecified atom stereocenters. The summed E-state index contributed by atoms with van der Waals surface area (Å²) in [5, 5.41) is 14.7. The molecule has 0 saturated carbocycles. The van der Waals surface area contributed by atoms with Crippen LogP contribution < -0.4 is 5.32 Å². The number of piperidine rings is 1. The molecule has 2 aromatic rings.